The molecule has 0 bridgehead atoms. The van der Waals surface area contributed by atoms with Gasteiger partial charge < -0.3 is 24.8 Å². The Hall–Kier alpha value is -5.12. The number of anilines is 1. The van der Waals surface area contributed by atoms with Crippen LogP contribution >= 0.6 is 0 Å². The maximum absolute atomic E-state index is 12.5. The normalized spacial score (nSPS) is 15.8. The molecule has 2 aliphatic rings. The topological polar surface area (TPSA) is 119 Å². The van der Waals surface area contributed by atoms with Gasteiger partial charge in [0.05, 0.1) is 37.3 Å². The second kappa shape index (κ2) is 12.9. The van der Waals surface area contributed by atoms with Gasteiger partial charge in [-0.2, -0.15) is 5.10 Å². The number of rotatable bonds is 9. The molecule has 0 saturated heterocycles. The predicted molar refractivity (Wildman–Crippen MR) is 172 cm³/mol. The maximum Gasteiger partial charge on any atom is 0.407 e. The quantitative estimate of drug-likeness (QED) is 0.206. The third kappa shape index (κ3) is 5.87. The standard InChI is InChI=1S/C35H37N5O5/c1-4-29-26(22-16-18-39(19-17-22)35(42)43)13-15-31(37-29)38-30-14-12-23-8-7-11-27(32(23)30)24-9-6-10-25(20-24)40-33(44-3)28(21-36-40)34(41)45-5-2/h6-11,13,15-16,20-21,30H,4-5,12,14,17-19H2,1-3H3,(H,37,38)(H,42,43). The van der Waals surface area contributed by atoms with Gasteiger partial charge in [-0.05, 0) is 90.3 Å². The molecule has 0 spiro atoms. The summed E-state index contributed by atoms with van der Waals surface area (Å²) in [5, 5.41) is 17.5. The van der Waals surface area contributed by atoms with Crippen LogP contribution in [0, 0.1) is 0 Å². The van der Waals surface area contributed by atoms with Crippen LogP contribution in [0.1, 0.15) is 65.5 Å². The zero-order chi connectivity index (χ0) is 31.5. The van der Waals surface area contributed by atoms with Gasteiger partial charge in [-0.3, -0.25) is 0 Å². The molecule has 0 radical (unpaired) electrons. The number of aromatic nitrogens is 3. The number of carbonyl (C=O) groups is 2. The first-order chi connectivity index (χ1) is 21.9. The van der Waals surface area contributed by atoms with E-state index in [1.54, 1.807) is 11.6 Å². The van der Waals surface area contributed by atoms with Gasteiger partial charge in [0.25, 0.3) is 0 Å². The minimum absolute atomic E-state index is 0.0792. The Bertz CT molecular complexity index is 1780. The van der Waals surface area contributed by atoms with Crippen molar-refractivity contribution in [1.82, 2.24) is 19.7 Å². The SMILES string of the molecule is CCOC(=O)c1cnn(-c2cccc(-c3cccc4c3C(Nc3ccc(C5=CCN(C(=O)O)CC5)c(CC)n3)CC4)c2)c1OC. The van der Waals surface area contributed by atoms with Crippen molar-refractivity contribution in [2.45, 2.75) is 45.6 Å². The average Bonchev–Trinajstić information content (AvgIpc) is 3.69. The summed E-state index contributed by atoms with van der Waals surface area (Å²) in [6.45, 7) is 5.02. The van der Waals surface area contributed by atoms with E-state index in [4.69, 9.17) is 14.5 Å². The first kappa shape index (κ1) is 29.9. The molecule has 6 rings (SSSR count). The van der Waals surface area contributed by atoms with Crippen LogP contribution in [0.25, 0.3) is 22.4 Å². The number of ether oxygens (including phenoxy) is 2. The largest absolute Gasteiger partial charge is 0.480 e. The van der Waals surface area contributed by atoms with Crippen LogP contribution < -0.4 is 10.1 Å². The Labute approximate surface area is 262 Å². The number of benzene rings is 2. The van der Waals surface area contributed by atoms with Crippen LogP contribution in [0.5, 0.6) is 5.88 Å². The van der Waals surface area contributed by atoms with Crippen LogP contribution in [0.2, 0.25) is 0 Å². The highest BCUT2D eigenvalue weighted by Crippen LogP contribution is 2.41. The summed E-state index contributed by atoms with van der Waals surface area (Å²) in [6, 6.07) is 18.7. The van der Waals surface area contributed by atoms with Crippen LogP contribution in [-0.2, 0) is 17.6 Å². The lowest BCUT2D eigenvalue weighted by molar-refractivity contribution is 0.0522. The van der Waals surface area contributed by atoms with E-state index in [-0.39, 0.29) is 18.2 Å². The van der Waals surface area contributed by atoms with Crippen molar-refractivity contribution >= 4 is 23.5 Å². The molecule has 1 aliphatic carbocycles. The number of carbonyl (C=O) groups excluding carboxylic acids is 1. The van der Waals surface area contributed by atoms with Crippen molar-refractivity contribution in [2.24, 2.45) is 0 Å². The molecule has 10 nitrogen and oxygen atoms in total. The molecular formula is C35H37N5O5. The number of hydrogen-bond acceptors (Lipinski definition) is 7. The summed E-state index contributed by atoms with van der Waals surface area (Å²) < 4.78 is 12.4. The van der Waals surface area contributed by atoms with Crippen LogP contribution in [0.4, 0.5) is 10.6 Å². The number of aryl methyl sites for hydroxylation is 2. The molecule has 2 aromatic carbocycles. The van der Waals surface area contributed by atoms with Crippen LogP contribution in [0.3, 0.4) is 0 Å². The fourth-order valence-corrected chi connectivity index (χ4v) is 6.36. The van der Waals surface area contributed by atoms with E-state index < -0.39 is 12.1 Å². The molecular weight excluding hydrogens is 570 g/mol. The highest BCUT2D eigenvalue weighted by molar-refractivity contribution is 5.92. The number of fused-ring (bicyclic) bond motifs is 1. The lowest BCUT2D eigenvalue weighted by Gasteiger charge is -2.25. The van der Waals surface area contributed by atoms with Crippen molar-refractivity contribution < 1.29 is 24.2 Å². The van der Waals surface area contributed by atoms with Crippen molar-refractivity contribution in [1.29, 1.82) is 0 Å². The van der Waals surface area contributed by atoms with E-state index in [0.29, 0.717) is 25.4 Å². The summed E-state index contributed by atoms with van der Waals surface area (Å²) in [6.07, 6.45) is 5.96. The number of esters is 1. The molecule has 232 valence electrons. The highest BCUT2D eigenvalue weighted by atomic mass is 16.5. The number of nitrogens with zero attached hydrogens (tertiary/aromatic N) is 4. The first-order valence-corrected chi connectivity index (χ1v) is 15.4. The monoisotopic (exact) mass is 607 g/mol. The molecule has 1 amide bonds. The smallest absolute Gasteiger partial charge is 0.407 e. The van der Waals surface area contributed by atoms with Gasteiger partial charge >= 0.3 is 12.1 Å². The molecule has 2 N–H and O–H groups in total. The van der Waals surface area contributed by atoms with Crippen molar-refractivity contribution in [3.63, 3.8) is 0 Å². The van der Waals surface area contributed by atoms with E-state index >= 15 is 0 Å². The lowest BCUT2D eigenvalue weighted by atomic mass is 9.94. The first-order valence-electron chi connectivity index (χ1n) is 15.4. The Balaban J connectivity index is 1.28. The molecule has 45 heavy (non-hydrogen) atoms. The minimum atomic E-state index is -0.883. The fraction of sp³-hybridized carbons (Fsp3) is 0.314. The third-order valence-electron chi connectivity index (χ3n) is 8.52. The number of hydrogen-bond donors (Lipinski definition) is 2. The molecule has 2 aromatic heterocycles. The van der Waals surface area contributed by atoms with Gasteiger partial charge in [-0.1, -0.05) is 43.3 Å². The van der Waals surface area contributed by atoms with E-state index in [1.807, 2.05) is 24.3 Å². The van der Waals surface area contributed by atoms with Gasteiger partial charge in [0.15, 0.2) is 0 Å². The van der Waals surface area contributed by atoms with Gasteiger partial charge in [0, 0.05) is 13.1 Å². The molecule has 10 heteroatoms. The second-order valence-electron chi connectivity index (χ2n) is 11.1. The molecule has 4 aromatic rings. The summed E-state index contributed by atoms with van der Waals surface area (Å²) in [7, 11) is 1.52. The molecule has 0 saturated carbocycles. The van der Waals surface area contributed by atoms with Gasteiger partial charge in [-0.15, -0.1) is 0 Å². The summed E-state index contributed by atoms with van der Waals surface area (Å²) in [4.78, 5) is 30.2. The van der Waals surface area contributed by atoms with Gasteiger partial charge in [0.2, 0.25) is 5.88 Å². The van der Waals surface area contributed by atoms with Gasteiger partial charge in [-0.25, -0.2) is 19.3 Å². The van der Waals surface area contributed by atoms with Crippen molar-refractivity contribution in [3.05, 3.63) is 94.8 Å². The molecule has 1 atom stereocenters. The number of methoxy groups -OCH3 is 1. The molecule has 1 aliphatic heterocycles. The van der Waals surface area contributed by atoms with Gasteiger partial charge in [0.1, 0.15) is 11.4 Å². The van der Waals surface area contributed by atoms with Crippen LogP contribution in [-0.4, -0.2) is 63.6 Å². The average molecular weight is 608 g/mol. The number of nitrogens with one attached hydrogen (secondary N) is 1. The third-order valence-corrected chi connectivity index (χ3v) is 8.52. The van der Waals surface area contributed by atoms with E-state index in [2.05, 4.69) is 53.7 Å². The number of carboxylic acid groups (broad SMARTS) is 1. The summed E-state index contributed by atoms with van der Waals surface area (Å²) in [5.74, 6) is 0.681. The number of pyridine rings is 1. The van der Waals surface area contributed by atoms with Crippen LogP contribution in [0.15, 0.2) is 66.9 Å². The Morgan fingerprint density at radius 2 is 1.91 bits per heavy atom. The molecule has 3 heterocycles. The lowest BCUT2D eigenvalue weighted by Crippen LogP contribution is -2.33. The van der Waals surface area contributed by atoms with Crippen molar-refractivity contribution in [2.75, 3.05) is 32.1 Å². The summed E-state index contributed by atoms with van der Waals surface area (Å²) >= 11 is 0. The zero-order valence-corrected chi connectivity index (χ0v) is 25.7. The number of amides is 1. The zero-order valence-electron chi connectivity index (χ0n) is 25.7. The predicted octanol–water partition coefficient (Wildman–Crippen LogP) is 6.55. The Morgan fingerprint density at radius 1 is 1.07 bits per heavy atom. The Kier molecular flexibility index (Phi) is 8.55. The van der Waals surface area contributed by atoms with E-state index in [0.717, 1.165) is 58.7 Å². The fourth-order valence-electron chi connectivity index (χ4n) is 6.36. The Morgan fingerprint density at radius 3 is 2.64 bits per heavy atom. The maximum atomic E-state index is 12.5. The minimum Gasteiger partial charge on any atom is -0.480 e. The van der Waals surface area contributed by atoms with E-state index in [1.165, 1.54) is 29.3 Å². The van der Waals surface area contributed by atoms with Crippen molar-refractivity contribution in [3.8, 4) is 22.7 Å². The summed E-state index contributed by atoms with van der Waals surface area (Å²) in [5.41, 5.74) is 9.02. The van der Waals surface area contributed by atoms with E-state index in [9.17, 15) is 14.7 Å². The molecule has 0 fully saturated rings. The second-order valence-corrected chi connectivity index (χ2v) is 11.1. The highest BCUT2D eigenvalue weighted by Gasteiger charge is 2.27. The molecule has 1 unspecified atom stereocenters.